The fourth-order valence-electron chi connectivity index (χ4n) is 2.56. The third kappa shape index (κ3) is 4.97. The van der Waals surface area contributed by atoms with Crippen LogP contribution in [0.15, 0.2) is 36.4 Å². The van der Waals surface area contributed by atoms with Crippen molar-refractivity contribution in [2.75, 3.05) is 13.7 Å². The largest absolute Gasteiger partial charge is 0.497 e. The van der Waals surface area contributed by atoms with Crippen LogP contribution in [0.25, 0.3) is 10.8 Å². The number of rotatable bonds is 7. The molecule has 5 nitrogen and oxygen atoms in total. The van der Waals surface area contributed by atoms with Crippen molar-refractivity contribution in [1.29, 1.82) is 0 Å². The first-order chi connectivity index (χ1) is 12.3. The van der Waals surface area contributed by atoms with Crippen LogP contribution in [0.2, 0.25) is 0 Å². The number of hydrogen-bond donors (Lipinski definition) is 1. The van der Waals surface area contributed by atoms with E-state index in [-0.39, 0.29) is 17.7 Å². The van der Waals surface area contributed by atoms with Gasteiger partial charge < -0.3 is 14.8 Å². The molecule has 2 aromatic rings. The van der Waals surface area contributed by atoms with Gasteiger partial charge in [-0.2, -0.15) is 0 Å². The fourth-order valence-corrected chi connectivity index (χ4v) is 2.56. The molecule has 5 heteroatoms. The molecule has 0 aliphatic rings. The van der Waals surface area contributed by atoms with Gasteiger partial charge in [0, 0.05) is 0 Å². The van der Waals surface area contributed by atoms with E-state index in [0.29, 0.717) is 6.61 Å². The second-order valence-corrected chi connectivity index (χ2v) is 6.95. The number of amides is 1. The van der Waals surface area contributed by atoms with Crippen molar-refractivity contribution in [2.24, 2.45) is 5.92 Å². The molecule has 0 heterocycles. The first-order valence-corrected chi connectivity index (χ1v) is 8.86. The summed E-state index contributed by atoms with van der Waals surface area (Å²) >= 11 is 0. The minimum absolute atomic E-state index is 0.202. The zero-order chi connectivity index (χ0) is 19.3. The topological polar surface area (TPSA) is 64.6 Å². The van der Waals surface area contributed by atoms with Crippen LogP contribution in [-0.2, 0) is 14.3 Å². The van der Waals surface area contributed by atoms with E-state index >= 15 is 0 Å². The van der Waals surface area contributed by atoms with E-state index in [2.05, 4.69) is 5.32 Å². The summed E-state index contributed by atoms with van der Waals surface area (Å²) in [7, 11) is 1.63. The summed E-state index contributed by atoms with van der Waals surface area (Å²) in [5.74, 6) is 0.0698. The van der Waals surface area contributed by atoms with E-state index < -0.39 is 12.0 Å². The van der Waals surface area contributed by atoms with Crippen molar-refractivity contribution < 1.29 is 19.1 Å². The number of benzene rings is 2. The normalized spacial score (nSPS) is 13.3. The lowest BCUT2D eigenvalue weighted by molar-refractivity contribution is -0.148. The molecule has 1 amide bonds. The second kappa shape index (κ2) is 8.70. The molecule has 0 aliphatic carbocycles. The maximum atomic E-state index is 12.5. The standard InChI is InChI=1S/C21H27NO4/c1-13(2)12-26-21(24)15(4)22-20(23)14(3)16-6-7-18-11-19(25-5)9-8-17(18)10-16/h6-11,13-15H,12H2,1-5H3,(H,22,23). The molecule has 0 aromatic heterocycles. The number of fused-ring (bicyclic) bond motifs is 1. The third-order valence-corrected chi connectivity index (χ3v) is 4.24. The maximum Gasteiger partial charge on any atom is 0.328 e. The Morgan fingerprint density at radius 2 is 1.65 bits per heavy atom. The first kappa shape index (κ1) is 19.8. The SMILES string of the molecule is COc1ccc2cc(C(C)C(=O)NC(C)C(=O)OCC(C)C)ccc2c1. The van der Waals surface area contributed by atoms with Crippen molar-refractivity contribution >= 4 is 22.6 Å². The molecule has 0 fully saturated rings. The van der Waals surface area contributed by atoms with Crippen LogP contribution >= 0.6 is 0 Å². The van der Waals surface area contributed by atoms with Gasteiger partial charge in [0.25, 0.3) is 0 Å². The molecule has 1 N–H and O–H groups in total. The molecule has 0 bridgehead atoms. The Labute approximate surface area is 154 Å². The van der Waals surface area contributed by atoms with E-state index in [1.54, 1.807) is 14.0 Å². The van der Waals surface area contributed by atoms with Crippen LogP contribution in [0.1, 0.15) is 39.2 Å². The quantitative estimate of drug-likeness (QED) is 0.768. The Balaban J connectivity index is 2.05. The molecule has 140 valence electrons. The molecule has 2 rings (SSSR count). The Morgan fingerprint density at radius 1 is 1.00 bits per heavy atom. The van der Waals surface area contributed by atoms with E-state index in [1.165, 1.54) is 0 Å². The lowest BCUT2D eigenvalue weighted by Gasteiger charge is -2.18. The van der Waals surface area contributed by atoms with Gasteiger partial charge in [-0.3, -0.25) is 4.79 Å². The molecule has 2 unspecified atom stereocenters. The Kier molecular flexibility index (Phi) is 6.61. The number of methoxy groups -OCH3 is 1. The van der Waals surface area contributed by atoms with Gasteiger partial charge in [-0.25, -0.2) is 4.79 Å². The highest BCUT2D eigenvalue weighted by molar-refractivity contribution is 5.90. The number of hydrogen-bond acceptors (Lipinski definition) is 4. The van der Waals surface area contributed by atoms with Crippen molar-refractivity contribution in [1.82, 2.24) is 5.32 Å². The van der Waals surface area contributed by atoms with Crippen molar-refractivity contribution in [2.45, 2.75) is 39.7 Å². The summed E-state index contributed by atoms with van der Waals surface area (Å²) in [4.78, 5) is 24.4. The molecule has 0 saturated carbocycles. The van der Waals surface area contributed by atoms with Gasteiger partial charge in [0.2, 0.25) is 5.91 Å². The second-order valence-electron chi connectivity index (χ2n) is 6.95. The molecule has 2 aromatic carbocycles. The average Bonchev–Trinajstić information content (AvgIpc) is 2.64. The number of ether oxygens (including phenoxy) is 2. The molecule has 26 heavy (non-hydrogen) atoms. The number of esters is 1. The Morgan fingerprint density at radius 3 is 2.31 bits per heavy atom. The van der Waals surface area contributed by atoms with Crippen LogP contribution in [0, 0.1) is 5.92 Å². The van der Waals surface area contributed by atoms with E-state index in [0.717, 1.165) is 22.1 Å². The smallest absolute Gasteiger partial charge is 0.328 e. The van der Waals surface area contributed by atoms with E-state index in [1.807, 2.05) is 57.2 Å². The summed E-state index contributed by atoms with van der Waals surface area (Å²) in [6, 6.07) is 11.0. The molecule has 0 spiro atoms. The van der Waals surface area contributed by atoms with E-state index in [4.69, 9.17) is 9.47 Å². The zero-order valence-electron chi connectivity index (χ0n) is 16.0. The summed E-state index contributed by atoms with van der Waals surface area (Å²) in [5, 5.41) is 4.82. The van der Waals surface area contributed by atoms with Crippen molar-refractivity contribution in [3.63, 3.8) is 0 Å². The highest BCUT2D eigenvalue weighted by Crippen LogP contribution is 2.25. The highest BCUT2D eigenvalue weighted by Gasteiger charge is 2.22. The summed E-state index contributed by atoms with van der Waals surface area (Å²) in [6.45, 7) is 7.75. The molecule has 0 saturated heterocycles. The van der Waals surface area contributed by atoms with Gasteiger partial charge in [-0.15, -0.1) is 0 Å². The lowest BCUT2D eigenvalue weighted by atomic mass is 9.96. The van der Waals surface area contributed by atoms with Crippen molar-refractivity contribution in [3.8, 4) is 5.75 Å². The van der Waals surface area contributed by atoms with Gasteiger partial charge in [-0.05, 0) is 48.2 Å². The summed E-state index contributed by atoms with van der Waals surface area (Å²) in [6.07, 6.45) is 0. The lowest BCUT2D eigenvalue weighted by Crippen LogP contribution is -2.41. The van der Waals surface area contributed by atoms with Crippen LogP contribution in [0.3, 0.4) is 0 Å². The van der Waals surface area contributed by atoms with Crippen LogP contribution in [0.5, 0.6) is 5.75 Å². The number of carbonyl (C=O) groups excluding carboxylic acids is 2. The highest BCUT2D eigenvalue weighted by atomic mass is 16.5. The first-order valence-electron chi connectivity index (χ1n) is 8.86. The molecule has 2 atom stereocenters. The number of carbonyl (C=O) groups is 2. The Bertz CT molecular complexity index is 785. The van der Waals surface area contributed by atoms with Gasteiger partial charge in [0.15, 0.2) is 0 Å². The van der Waals surface area contributed by atoms with Gasteiger partial charge in [0.05, 0.1) is 19.6 Å². The van der Waals surface area contributed by atoms with Crippen LogP contribution in [-0.4, -0.2) is 31.6 Å². The Hall–Kier alpha value is -2.56. The van der Waals surface area contributed by atoms with Gasteiger partial charge in [-0.1, -0.05) is 38.1 Å². The predicted molar refractivity (Wildman–Crippen MR) is 102 cm³/mol. The molecule has 0 radical (unpaired) electrons. The van der Waals surface area contributed by atoms with Gasteiger partial charge in [0.1, 0.15) is 11.8 Å². The molecule has 0 aliphatic heterocycles. The minimum atomic E-state index is -0.673. The fraction of sp³-hybridized carbons (Fsp3) is 0.429. The maximum absolute atomic E-state index is 12.5. The molecular weight excluding hydrogens is 330 g/mol. The summed E-state index contributed by atoms with van der Waals surface area (Å²) in [5.41, 5.74) is 0.892. The summed E-state index contributed by atoms with van der Waals surface area (Å²) < 4.78 is 10.4. The molecular formula is C21H27NO4. The van der Waals surface area contributed by atoms with Crippen LogP contribution in [0.4, 0.5) is 0 Å². The van der Waals surface area contributed by atoms with Crippen molar-refractivity contribution in [3.05, 3.63) is 42.0 Å². The van der Waals surface area contributed by atoms with Gasteiger partial charge >= 0.3 is 5.97 Å². The predicted octanol–water partition coefficient (Wildman–Crippen LogP) is 3.66. The van der Waals surface area contributed by atoms with Crippen LogP contribution < -0.4 is 10.1 Å². The number of nitrogens with one attached hydrogen (secondary N) is 1. The minimum Gasteiger partial charge on any atom is -0.497 e. The monoisotopic (exact) mass is 357 g/mol. The average molecular weight is 357 g/mol. The third-order valence-electron chi connectivity index (χ3n) is 4.24. The zero-order valence-corrected chi connectivity index (χ0v) is 16.0. The van der Waals surface area contributed by atoms with E-state index in [9.17, 15) is 9.59 Å².